The first-order chi connectivity index (χ1) is 16.4. The molecular formula is C25H33NO10. The first-order valence-corrected chi connectivity index (χ1v) is 12.1. The molecule has 198 valence electrons. The van der Waals surface area contributed by atoms with Crippen LogP contribution in [0.1, 0.15) is 51.0 Å². The lowest BCUT2D eigenvalue weighted by molar-refractivity contribution is -0.386. The standard InChI is InChI=1S/C25H33NO10/c1-11(2)22(32)17(35-16(29)13-7-6-8-26-13)23(33)18(4)10-21(31)19(22,5)25(23,34)24(36-21)15(28)12(3)14(27)9-20(18,24)30/h6-8,11,14-15,17,26-28,30-34H,3,9-10H2,1-2,4-5H3/t14-,15-,17+,18-,19-,20-,21-,22+,23+,24+,25+/m0/s1. The molecule has 36 heavy (non-hydrogen) atoms. The monoisotopic (exact) mass is 507 g/mol. The van der Waals surface area contributed by atoms with Gasteiger partial charge in [-0.25, -0.2) is 4.79 Å². The first-order valence-electron chi connectivity index (χ1n) is 12.1. The third kappa shape index (κ3) is 1.74. The van der Waals surface area contributed by atoms with E-state index in [1.54, 1.807) is 19.9 Å². The summed E-state index contributed by atoms with van der Waals surface area (Å²) < 4.78 is 11.9. The summed E-state index contributed by atoms with van der Waals surface area (Å²) in [5.41, 5.74) is -16.9. The van der Waals surface area contributed by atoms with E-state index in [0.717, 1.165) is 0 Å². The summed E-state index contributed by atoms with van der Waals surface area (Å²) in [6.07, 6.45) is -4.77. The Labute approximate surface area is 207 Å². The number of aliphatic hydroxyl groups excluding tert-OH is 2. The predicted molar refractivity (Wildman–Crippen MR) is 120 cm³/mol. The number of nitrogens with one attached hydrogen (secondary N) is 1. The first kappa shape index (κ1) is 24.5. The van der Waals surface area contributed by atoms with Gasteiger partial charge >= 0.3 is 5.97 Å². The number of ether oxygens (including phenoxy) is 2. The van der Waals surface area contributed by atoms with Crippen LogP contribution in [-0.4, -0.2) is 98.8 Å². The molecule has 0 aromatic carbocycles. The van der Waals surface area contributed by atoms with Crippen LogP contribution in [0.2, 0.25) is 0 Å². The number of esters is 1. The van der Waals surface area contributed by atoms with E-state index >= 15 is 0 Å². The Balaban J connectivity index is 1.70. The second-order valence-corrected chi connectivity index (χ2v) is 12.1. The van der Waals surface area contributed by atoms with Gasteiger partial charge in [-0.3, -0.25) is 0 Å². The lowest BCUT2D eigenvalue weighted by Gasteiger charge is -2.60. The SMILES string of the molecule is C=C1[C@@H](O)C[C@]2(O)[C@]3(C)C[C@]4(O)O[C@@]2([C@H]1O)[C@]1(O)[C@@]3(O)[C@H](OC(=O)c2ccc[nH]2)[C@](O)(C(C)C)[C@@]14C. The number of carbonyl (C=O) groups excluding carboxylic acids is 1. The Morgan fingerprint density at radius 1 is 1.19 bits per heavy atom. The van der Waals surface area contributed by atoms with Crippen molar-refractivity contribution in [3.05, 3.63) is 36.2 Å². The van der Waals surface area contributed by atoms with Crippen LogP contribution < -0.4 is 0 Å². The maximum absolute atomic E-state index is 13.2. The van der Waals surface area contributed by atoms with E-state index in [0.29, 0.717) is 0 Å². The van der Waals surface area contributed by atoms with Gasteiger partial charge in [0.1, 0.15) is 34.2 Å². The van der Waals surface area contributed by atoms with Gasteiger partial charge in [-0.15, -0.1) is 0 Å². The van der Waals surface area contributed by atoms with Gasteiger partial charge in [-0.1, -0.05) is 27.4 Å². The van der Waals surface area contributed by atoms with Crippen molar-refractivity contribution < 1.29 is 50.0 Å². The molecule has 2 aliphatic heterocycles. The largest absolute Gasteiger partial charge is 0.451 e. The summed E-state index contributed by atoms with van der Waals surface area (Å²) >= 11 is 0. The molecule has 2 saturated heterocycles. The summed E-state index contributed by atoms with van der Waals surface area (Å²) in [6.45, 7) is 9.55. The van der Waals surface area contributed by atoms with Crippen molar-refractivity contribution in [2.24, 2.45) is 16.7 Å². The zero-order valence-electron chi connectivity index (χ0n) is 20.5. The number of aromatic amines is 1. The lowest BCUT2D eigenvalue weighted by Crippen LogP contribution is -2.75. The van der Waals surface area contributed by atoms with E-state index in [-0.39, 0.29) is 11.3 Å². The van der Waals surface area contributed by atoms with Crippen molar-refractivity contribution in [3.63, 3.8) is 0 Å². The van der Waals surface area contributed by atoms with Gasteiger partial charge < -0.3 is 50.2 Å². The molecule has 1 aromatic heterocycles. The molecule has 0 amide bonds. The van der Waals surface area contributed by atoms with Gasteiger partial charge in [0, 0.05) is 24.5 Å². The van der Waals surface area contributed by atoms with Gasteiger partial charge in [0.25, 0.3) is 0 Å². The highest BCUT2D eigenvalue weighted by atomic mass is 16.7. The molecule has 7 rings (SSSR count). The summed E-state index contributed by atoms with van der Waals surface area (Å²) in [4.78, 5) is 15.9. The van der Waals surface area contributed by atoms with E-state index in [9.17, 15) is 40.5 Å². The molecule has 0 radical (unpaired) electrons. The maximum Gasteiger partial charge on any atom is 0.355 e. The number of H-pyrrole nitrogens is 1. The van der Waals surface area contributed by atoms with Crippen molar-refractivity contribution in [1.82, 2.24) is 4.98 Å². The maximum atomic E-state index is 13.2. The number of aromatic nitrogens is 1. The van der Waals surface area contributed by atoms with Crippen LogP contribution in [0.4, 0.5) is 0 Å². The number of rotatable bonds is 3. The van der Waals surface area contributed by atoms with Crippen LogP contribution in [-0.2, 0) is 9.47 Å². The molecule has 0 unspecified atom stereocenters. The molecule has 4 aliphatic carbocycles. The molecule has 8 N–H and O–H groups in total. The molecule has 6 bridgehead atoms. The number of carbonyl (C=O) groups is 1. The minimum atomic E-state index is -2.77. The van der Waals surface area contributed by atoms with E-state index in [2.05, 4.69) is 11.6 Å². The fraction of sp³-hybridized carbons (Fsp3) is 0.720. The number of hydrogen-bond donors (Lipinski definition) is 8. The lowest BCUT2D eigenvalue weighted by atomic mass is 9.52. The Morgan fingerprint density at radius 2 is 1.83 bits per heavy atom. The molecule has 6 aliphatic rings. The average Bonchev–Trinajstić information content (AvgIpc) is 3.42. The van der Waals surface area contributed by atoms with Gasteiger partial charge in [0.2, 0.25) is 0 Å². The van der Waals surface area contributed by atoms with Crippen molar-refractivity contribution >= 4 is 5.97 Å². The summed E-state index contributed by atoms with van der Waals surface area (Å²) in [6, 6.07) is 2.98. The predicted octanol–water partition coefficient (Wildman–Crippen LogP) is -1.30. The van der Waals surface area contributed by atoms with E-state index in [4.69, 9.17) is 9.47 Å². The number of aliphatic hydroxyl groups is 7. The Hall–Kier alpha value is -1.83. The zero-order valence-corrected chi connectivity index (χ0v) is 20.5. The quantitative estimate of drug-likeness (QED) is 0.180. The van der Waals surface area contributed by atoms with E-state index in [1.165, 1.54) is 26.1 Å². The van der Waals surface area contributed by atoms with Crippen LogP contribution in [0.15, 0.2) is 30.5 Å². The van der Waals surface area contributed by atoms with Crippen LogP contribution in [0, 0.1) is 16.7 Å². The Bertz CT molecular complexity index is 1200. The van der Waals surface area contributed by atoms with Gasteiger partial charge in [-0.05, 0) is 30.5 Å². The van der Waals surface area contributed by atoms with E-state index < -0.39 is 87.7 Å². The molecule has 11 heteroatoms. The Morgan fingerprint density at radius 3 is 2.39 bits per heavy atom. The van der Waals surface area contributed by atoms with Crippen LogP contribution >= 0.6 is 0 Å². The third-order valence-electron chi connectivity index (χ3n) is 11.0. The molecule has 1 spiro atoms. The fourth-order valence-electron chi connectivity index (χ4n) is 9.30. The topological polar surface area (TPSA) is 193 Å². The Kier molecular flexibility index (Phi) is 4.14. The summed E-state index contributed by atoms with van der Waals surface area (Å²) in [7, 11) is 0. The molecule has 6 fully saturated rings. The average molecular weight is 508 g/mol. The second kappa shape index (κ2) is 6.08. The number of hydrogen-bond acceptors (Lipinski definition) is 10. The highest BCUT2D eigenvalue weighted by Crippen LogP contribution is 2.90. The highest BCUT2D eigenvalue weighted by molar-refractivity contribution is 5.87. The van der Waals surface area contributed by atoms with Crippen molar-refractivity contribution in [3.8, 4) is 0 Å². The smallest absolute Gasteiger partial charge is 0.355 e. The highest BCUT2D eigenvalue weighted by Gasteiger charge is 3.10. The molecule has 3 heterocycles. The van der Waals surface area contributed by atoms with Gasteiger partial charge in [0.05, 0.1) is 11.5 Å². The van der Waals surface area contributed by atoms with Crippen LogP contribution in [0.3, 0.4) is 0 Å². The fourth-order valence-corrected chi connectivity index (χ4v) is 9.30. The van der Waals surface area contributed by atoms with Crippen molar-refractivity contribution in [2.45, 2.75) is 92.6 Å². The third-order valence-corrected chi connectivity index (χ3v) is 11.0. The summed E-state index contributed by atoms with van der Waals surface area (Å²) in [5, 5.41) is 84.4. The second-order valence-electron chi connectivity index (χ2n) is 12.1. The van der Waals surface area contributed by atoms with Crippen LogP contribution in [0.5, 0.6) is 0 Å². The van der Waals surface area contributed by atoms with Crippen molar-refractivity contribution in [2.75, 3.05) is 0 Å². The van der Waals surface area contributed by atoms with Gasteiger partial charge in [-0.2, -0.15) is 0 Å². The molecule has 11 nitrogen and oxygen atoms in total. The molecule has 1 aromatic rings. The minimum absolute atomic E-state index is 0.0130. The van der Waals surface area contributed by atoms with E-state index in [1.807, 2.05) is 0 Å². The minimum Gasteiger partial charge on any atom is -0.451 e. The van der Waals surface area contributed by atoms with Crippen LogP contribution in [0.25, 0.3) is 0 Å². The molecular weight excluding hydrogens is 474 g/mol. The zero-order chi connectivity index (χ0) is 26.7. The van der Waals surface area contributed by atoms with Crippen molar-refractivity contribution in [1.29, 1.82) is 0 Å². The normalized spacial score (nSPS) is 58.6. The molecule has 11 atom stereocenters. The molecule has 4 saturated carbocycles. The summed E-state index contributed by atoms with van der Waals surface area (Å²) in [5.74, 6) is -4.16. The van der Waals surface area contributed by atoms with Gasteiger partial charge in [0.15, 0.2) is 17.5 Å².